The summed E-state index contributed by atoms with van der Waals surface area (Å²) < 4.78 is 0. The smallest absolute Gasteiger partial charge is 0.284 e. The van der Waals surface area contributed by atoms with E-state index < -0.39 is 46.0 Å². The van der Waals surface area contributed by atoms with Crippen molar-refractivity contribution in [2.24, 2.45) is 5.92 Å². The highest BCUT2D eigenvalue weighted by Gasteiger charge is 2.88. The first-order chi connectivity index (χ1) is 12.1. The summed E-state index contributed by atoms with van der Waals surface area (Å²) in [7, 11) is 0. The van der Waals surface area contributed by atoms with Crippen molar-refractivity contribution in [2.45, 2.75) is 66.6 Å². The highest BCUT2D eigenvalue weighted by Crippen LogP contribution is 2.59. The lowest BCUT2D eigenvalue weighted by Gasteiger charge is -2.63. The van der Waals surface area contributed by atoms with E-state index in [0.717, 1.165) is 12.5 Å². The predicted molar refractivity (Wildman–Crippen MR) is 83.5 cm³/mol. The Hall–Kier alpha value is -0.960. The number of hydrogen-bond acceptors (Lipinski definition) is 11. The average Bonchev–Trinajstić information content (AvgIpc) is 2.56. The lowest BCUT2D eigenvalue weighted by Crippen LogP contribution is -2.91. The summed E-state index contributed by atoms with van der Waals surface area (Å²) in [5.74, 6) is -21.8. The first kappa shape index (κ1) is 20.8. The van der Waals surface area contributed by atoms with Gasteiger partial charge in [0.15, 0.2) is 0 Å². The Morgan fingerprint density at radius 3 is 1.63 bits per heavy atom. The van der Waals surface area contributed by atoms with Gasteiger partial charge in [-0.05, 0) is 24.3 Å². The minimum absolute atomic E-state index is 0.323. The van der Waals surface area contributed by atoms with Crippen LogP contribution in [0, 0.1) is 5.92 Å². The quantitative estimate of drug-likeness (QED) is 0.191. The molecule has 3 aliphatic carbocycles. The van der Waals surface area contributed by atoms with Gasteiger partial charge in [0.2, 0.25) is 11.4 Å². The summed E-state index contributed by atoms with van der Waals surface area (Å²) in [6.07, 6.45) is 4.83. The van der Waals surface area contributed by atoms with Gasteiger partial charge in [-0.1, -0.05) is 31.4 Å². The average molecular weight is 392 g/mol. The molecule has 27 heavy (non-hydrogen) atoms. The summed E-state index contributed by atoms with van der Waals surface area (Å²) in [4.78, 5) is 0. The Morgan fingerprint density at radius 2 is 1.11 bits per heavy atom. The van der Waals surface area contributed by atoms with Crippen LogP contribution >= 0.6 is 0 Å². The maximum Gasteiger partial charge on any atom is 0.284 e. The van der Waals surface area contributed by atoms with Crippen LogP contribution < -0.4 is 0 Å². The van der Waals surface area contributed by atoms with E-state index in [-0.39, 0.29) is 5.57 Å². The SMILES string of the molecule is OC1(O)C2=CC=C(C3CCCCC3)C(O)(O)C2(O)C(O)(O)C(O)(O)C1(O)O. The number of rotatable bonds is 1. The Bertz CT molecular complexity index is 697. The van der Waals surface area contributed by atoms with Crippen molar-refractivity contribution in [3.05, 3.63) is 23.3 Å². The molecule has 0 aliphatic heterocycles. The zero-order valence-corrected chi connectivity index (χ0v) is 14.2. The molecule has 0 radical (unpaired) electrons. The van der Waals surface area contributed by atoms with Gasteiger partial charge in [0.25, 0.3) is 23.1 Å². The molecule has 3 aliphatic rings. The van der Waals surface area contributed by atoms with Gasteiger partial charge in [0.05, 0.1) is 0 Å². The molecule has 11 heteroatoms. The van der Waals surface area contributed by atoms with Gasteiger partial charge in [-0.15, -0.1) is 0 Å². The van der Waals surface area contributed by atoms with Gasteiger partial charge in [-0.25, -0.2) is 0 Å². The van der Waals surface area contributed by atoms with E-state index in [0.29, 0.717) is 31.8 Å². The molecule has 3 rings (SSSR count). The fourth-order valence-electron chi connectivity index (χ4n) is 4.37. The monoisotopic (exact) mass is 392 g/mol. The van der Waals surface area contributed by atoms with Crippen LogP contribution in [0.15, 0.2) is 23.3 Å². The second-order valence-electron chi connectivity index (χ2n) is 7.61. The second kappa shape index (κ2) is 5.55. The molecule has 0 aromatic carbocycles. The zero-order valence-electron chi connectivity index (χ0n) is 14.2. The molecule has 11 nitrogen and oxygen atoms in total. The molecule has 1 atom stereocenters. The minimum atomic E-state index is -4.62. The molecule has 2 saturated carbocycles. The van der Waals surface area contributed by atoms with E-state index in [9.17, 15) is 56.2 Å². The van der Waals surface area contributed by atoms with Gasteiger partial charge in [0.1, 0.15) is 0 Å². The minimum Gasteiger partial charge on any atom is -0.375 e. The van der Waals surface area contributed by atoms with Crippen LogP contribution in [0.3, 0.4) is 0 Å². The molecule has 11 N–H and O–H groups in total. The molecule has 154 valence electrons. The van der Waals surface area contributed by atoms with Crippen LogP contribution in [-0.4, -0.2) is 90.7 Å². The third-order valence-corrected chi connectivity index (χ3v) is 6.11. The molecule has 2 fully saturated rings. The van der Waals surface area contributed by atoms with Crippen molar-refractivity contribution < 1.29 is 56.2 Å². The topological polar surface area (TPSA) is 223 Å². The van der Waals surface area contributed by atoms with E-state index in [1.807, 2.05) is 0 Å². The molecule has 0 spiro atoms. The van der Waals surface area contributed by atoms with Crippen molar-refractivity contribution in [3.63, 3.8) is 0 Å². The number of hydrogen-bond donors (Lipinski definition) is 11. The maximum absolute atomic E-state index is 10.9. The fraction of sp³-hybridized carbons (Fsp3) is 0.750. The summed E-state index contributed by atoms with van der Waals surface area (Å²) in [6, 6.07) is 0. The summed E-state index contributed by atoms with van der Waals surface area (Å²) in [5, 5.41) is 112. The van der Waals surface area contributed by atoms with Crippen LogP contribution in [0.1, 0.15) is 32.1 Å². The van der Waals surface area contributed by atoms with Crippen LogP contribution in [0.25, 0.3) is 0 Å². The highest BCUT2D eigenvalue weighted by molar-refractivity contribution is 5.50. The van der Waals surface area contributed by atoms with Gasteiger partial charge >= 0.3 is 0 Å². The van der Waals surface area contributed by atoms with Crippen LogP contribution in [0.5, 0.6) is 0 Å². The van der Waals surface area contributed by atoms with Crippen molar-refractivity contribution in [2.75, 3.05) is 0 Å². The fourth-order valence-corrected chi connectivity index (χ4v) is 4.37. The van der Waals surface area contributed by atoms with E-state index in [1.165, 1.54) is 0 Å². The number of allylic oxidation sites excluding steroid dienone is 2. The van der Waals surface area contributed by atoms with Gasteiger partial charge < -0.3 is 56.2 Å². The second-order valence-corrected chi connectivity index (χ2v) is 7.61. The van der Waals surface area contributed by atoms with Crippen molar-refractivity contribution in [1.82, 2.24) is 0 Å². The largest absolute Gasteiger partial charge is 0.375 e. The lowest BCUT2D eigenvalue weighted by atomic mass is 9.57. The molecular formula is C16H24O11. The Balaban J connectivity index is 2.28. The first-order valence-electron chi connectivity index (χ1n) is 8.48. The van der Waals surface area contributed by atoms with Crippen molar-refractivity contribution in [3.8, 4) is 0 Å². The number of fused-ring (bicyclic) bond motifs is 1. The standard InChI is InChI=1S/C16H24O11/c17-11-10(13(20,21)15(24,25)16(26,27)14(11,22)23)7-6-9(12(11,18)19)8-4-2-1-3-5-8/h6-8,17-27H,1-5H2. The van der Waals surface area contributed by atoms with Crippen LogP contribution in [0.4, 0.5) is 0 Å². The first-order valence-corrected chi connectivity index (χ1v) is 8.48. The van der Waals surface area contributed by atoms with E-state index in [2.05, 4.69) is 0 Å². The molecule has 0 aromatic heterocycles. The van der Waals surface area contributed by atoms with E-state index >= 15 is 0 Å². The third-order valence-electron chi connectivity index (χ3n) is 6.11. The summed E-state index contributed by atoms with van der Waals surface area (Å²) >= 11 is 0. The summed E-state index contributed by atoms with van der Waals surface area (Å²) in [5.41, 5.74) is -5.73. The Labute approximate surface area is 153 Å². The van der Waals surface area contributed by atoms with Crippen molar-refractivity contribution in [1.29, 1.82) is 0 Å². The van der Waals surface area contributed by atoms with Crippen LogP contribution in [0.2, 0.25) is 0 Å². The van der Waals surface area contributed by atoms with Gasteiger partial charge in [0, 0.05) is 5.57 Å². The third kappa shape index (κ3) is 2.13. The molecule has 0 bridgehead atoms. The molecule has 0 heterocycles. The maximum atomic E-state index is 10.9. The van der Waals surface area contributed by atoms with E-state index in [4.69, 9.17) is 0 Å². The highest BCUT2D eigenvalue weighted by atomic mass is 16.7. The number of aliphatic hydroxyl groups is 11. The Kier molecular flexibility index (Phi) is 4.27. The van der Waals surface area contributed by atoms with E-state index in [1.54, 1.807) is 0 Å². The Morgan fingerprint density at radius 1 is 0.593 bits per heavy atom. The van der Waals surface area contributed by atoms with Gasteiger partial charge in [-0.3, -0.25) is 0 Å². The molecule has 0 amide bonds. The normalized spacial score (nSPS) is 36.4. The predicted octanol–water partition coefficient (Wildman–Crippen LogP) is -4.42. The lowest BCUT2D eigenvalue weighted by molar-refractivity contribution is -0.551. The summed E-state index contributed by atoms with van der Waals surface area (Å²) in [6.45, 7) is 0. The molecule has 1 unspecified atom stereocenters. The molecule has 0 saturated heterocycles. The molecule has 0 aromatic rings. The molecular weight excluding hydrogens is 368 g/mol. The zero-order chi connectivity index (χ0) is 20.7. The van der Waals surface area contributed by atoms with Crippen molar-refractivity contribution >= 4 is 0 Å². The van der Waals surface area contributed by atoms with Gasteiger partial charge in [-0.2, -0.15) is 0 Å². The van der Waals surface area contributed by atoms with Crippen LogP contribution in [-0.2, 0) is 0 Å².